The Bertz CT molecular complexity index is 838. The predicted molar refractivity (Wildman–Crippen MR) is 78.3 cm³/mol. The van der Waals surface area contributed by atoms with Crippen LogP contribution in [0.3, 0.4) is 0 Å². The van der Waals surface area contributed by atoms with Crippen LogP contribution in [0.1, 0.15) is 24.8 Å². The van der Waals surface area contributed by atoms with E-state index in [1.807, 2.05) is 30.5 Å². The number of amides is 1. The van der Waals surface area contributed by atoms with Gasteiger partial charge >= 0.3 is 6.09 Å². The highest BCUT2D eigenvalue weighted by Gasteiger charge is 2.34. The van der Waals surface area contributed by atoms with Gasteiger partial charge in [0.05, 0.1) is 0 Å². The lowest BCUT2D eigenvalue weighted by atomic mass is 10.1. The van der Waals surface area contributed by atoms with Gasteiger partial charge in [-0.2, -0.15) is 4.98 Å². The first kappa shape index (κ1) is 12.9. The summed E-state index contributed by atoms with van der Waals surface area (Å²) in [4.78, 5) is 20.2. The van der Waals surface area contributed by atoms with E-state index in [4.69, 9.17) is 4.52 Å². The fourth-order valence-corrected chi connectivity index (χ4v) is 2.99. The van der Waals surface area contributed by atoms with Crippen molar-refractivity contribution >= 4 is 17.0 Å². The molecule has 4 rings (SSSR count). The lowest BCUT2D eigenvalue weighted by Gasteiger charge is -2.17. The second kappa shape index (κ2) is 4.87. The van der Waals surface area contributed by atoms with Crippen LogP contribution in [0.4, 0.5) is 4.79 Å². The van der Waals surface area contributed by atoms with Gasteiger partial charge in [0.1, 0.15) is 6.04 Å². The molecule has 2 N–H and O–H groups in total. The molecular weight excluding hydrogens is 284 g/mol. The summed E-state index contributed by atoms with van der Waals surface area (Å²) in [5, 5.41) is 14.2. The summed E-state index contributed by atoms with van der Waals surface area (Å²) in [6.07, 6.45) is 2.40. The van der Waals surface area contributed by atoms with E-state index in [-0.39, 0.29) is 6.04 Å². The standard InChI is InChI=1S/C15H14N4O3/c20-15(21)19-7-3-6-12(19)14-17-13(18-22-14)10-8-16-11-5-2-1-4-9(10)11/h1-2,4-5,8,12,16H,3,6-7H2,(H,20,21)/t12-/m0/s1. The van der Waals surface area contributed by atoms with Crippen molar-refractivity contribution in [3.05, 3.63) is 36.4 Å². The van der Waals surface area contributed by atoms with Crippen LogP contribution in [0.15, 0.2) is 35.0 Å². The molecule has 7 nitrogen and oxygen atoms in total. The molecule has 0 aliphatic carbocycles. The number of carbonyl (C=O) groups is 1. The van der Waals surface area contributed by atoms with Gasteiger partial charge in [0.2, 0.25) is 11.7 Å². The van der Waals surface area contributed by atoms with E-state index >= 15 is 0 Å². The zero-order valence-corrected chi connectivity index (χ0v) is 11.7. The Morgan fingerprint density at radius 2 is 2.27 bits per heavy atom. The second-order valence-electron chi connectivity index (χ2n) is 5.34. The first-order chi connectivity index (χ1) is 10.7. The van der Waals surface area contributed by atoms with Crippen LogP contribution in [0.25, 0.3) is 22.3 Å². The number of likely N-dealkylation sites (tertiary alicyclic amines) is 1. The first-order valence-electron chi connectivity index (χ1n) is 7.13. The number of carboxylic acid groups (broad SMARTS) is 1. The van der Waals surface area contributed by atoms with E-state index in [0.29, 0.717) is 24.7 Å². The molecule has 1 amide bonds. The normalized spacial score (nSPS) is 18.2. The van der Waals surface area contributed by atoms with Crippen LogP contribution in [0, 0.1) is 0 Å². The lowest BCUT2D eigenvalue weighted by molar-refractivity contribution is 0.131. The van der Waals surface area contributed by atoms with Crippen molar-refractivity contribution in [2.75, 3.05) is 6.54 Å². The van der Waals surface area contributed by atoms with Gasteiger partial charge < -0.3 is 14.6 Å². The fraction of sp³-hybridized carbons (Fsp3) is 0.267. The van der Waals surface area contributed by atoms with Crippen molar-refractivity contribution in [3.8, 4) is 11.4 Å². The van der Waals surface area contributed by atoms with E-state index in [1.54, 1.807) is 0 Å². The molecule has 0 unspecified atom stereocenters. The van der Waals surface area contributed by atoms with Crippen LogP contribution in [0.2, 0.25) is 0 Å². The number of hydrogen-bond acceptors (Lipinski definition) is 4. The van der Waals surface area contributed by atoms with Crippen molar-refractivity contribution in [2.24, 2.45) is 0 Å². The number of H-pyrrole nitrogens is 1. The number of para-hydroxylation sites is 1. The number of hydrogen-bond donors (Lipinski definition) is 2. The molecule has 1 atom stereocenters. The molecule has 1 aromatic carbocycles. The van der Waals surface area contributed by atoms with Gasteiger partial charge in [0, 0.05) is 29.2 Å². The molecule has 3 heterocycles. The smallest absolute Gasteiger partial charge is 0.407 e. The van der Waals surface area contributed by atoms with Crippen LogP contribution in [0.5, 0.6) is 0 Å². The van der Waals surface area contributed by atoms with Crippen LogP contribution in [-0.2, 0) is 0 Å². The molecule has 22 heavy (non-hydrogen) atoms. The van der Waals surface area contributed by atoms with Gasteiger partial charge in [0.15, 0.2) is 0 Å². The molecule has 1 saturated heterocycles. The number of benzene rings is 1. The highest BCUT2D eigenvalue weighted by atomic mass is 16.5. The molecule has 0 bridgehead atoms. The van der Waals surface area contributed by atoms with E-state index in [2.05, 4.69) is 15.1 Å². The summed E-state index contributed by atoms with van der Waals surface area (Å²) in [5.41, 5.74) is 1.85. The maximum Gasteiger partial charge on any atom is 0.407 e. The molecule has 1 fully saturated rings. The molecule has 3 aromatic rings. The number of aromatic amines is 1. The minimum absolute atomic E-state index is 0.344. The third-order valence-electron chi connectivity index (χ3n) is 4.06. The van der Waals surface area contributed by atoms with Crippen molar-refractivity contribution in [3.63, 3.8) is 0 Å². The number of rotatable bonds is 2. The summed E-state index contributed by atoms with van der Waals surface area (Å²) in [5.74, 6) is 0.838. The number of nitrogens with zero attached hydrogens (tertiary/aromatic N) is 3. The summed E-state index contributed by atoms with van der Waals surface area (Å²) < 4.78 is 5.32. The summed E-state index contributed by atoms with van der Waals surface area (Å²) in [6.45, 7) is 0.505. The molecule has 112 valence electrons. The van der Waals surface area contributed by atoms with Crippen molar-refractivity contribution in [2.45, 2.75) is 18.9 Å². The number of aromatic nitrogens is 3. The Kier molecular flexibility index (Phi) is 2.85. The Morgan fingerprint density at radius 1 is 1.41 bits per heavy atom. The Labute approximate surface area is 125 Å². The SMILES string of the molecule is O=C(O)N1CCC[C@H]1c1nc(-c2c[nH]c3ccccc23)no1. The zero-order valence-electron chi connectivity index (χ0n) is 11.7. The molecule has 0 radical (unpaired) electrons. The van der Waals surface area contributed by atoms with Crippen LogP contribution in [-0.4, -0.2) is 37.8 Å². The third kappa shape index (κ3) is 1.93. The predicted octanol–water partition coefficient (Wildman–Crippen LogP) is 3.03. The number of nitrogens with one attached hydrogen (secondary N) is 1. The highest BCUT2D eigenvalue weighted by molar-refractivity contribution is 5.93. The Balaban J connectivity index is 1.71. The highest BCUT2D eigenvalue weighted by Crippen LogP contribution is 2.33. The molecule has 7 heteroatoms. The van der Waals surface area contributed by atoms with Crippen LogP contribution >= 0.6 is 0 Å². The van der Waals surface area contributed by atoms with Gasteiger partial charge in [-0.3, -0.25) is 4.90 Å². The van der Waals surface area contributed by atoms with E-state index < -0.39 is 6.09 Å². The minimum Gasteiger partial charge on any atom is -0.465 e. The van der Waals surface area contributed by atoms with E-state index in [9.17, 15) is 9.90 Å². The minimum atomic E-state index is -0.950. The van der Waals surface area contributed by atoms with Gasteiger partial charge in [-0.15, -0.1) is 0 Å². The van der Waals surface area contributed by atoms with Crippen LogP contribution < -0.4 is 0 Å². The van der Waals surface area contributed by atoms with Crippen molar-refractivity contribution in [1.29, 1.82) is 0 Å². The van der Waals surface area contributed by atoms with Gasteiger partial charge in [-0.1, -0.05) is 23.4 Å². The molecule has 0 saturated carbocycles. The first-order valence-corrected chi connectivity index (χ1v) is 7.13. The molecule has 1 aliphatic rings. The monoisotopic (exact) mass is 298 g/mol. The van der Waals surface area contributed by atoms with Crippen molar-refractivity contribution in [1.82, 2.24) is 20.0 Å². The molecule has 0 spiro atoms. The van der Waals surface area contributed by atoms with Gasteiger partial charge in [-0.25, -0.2) is 4.79 Å². The van der Waals surface area contributed by atoms with Gasteiger partial charge in [0.25, 0.3) is 0 Å². The number of fused-ring (bicyclic) bond motifs is 1. The average Bonchev–Trinajstić information content (AvgIpc) is 3.24. The van der Waals surface area contributed by atoms with Crippen molar-refractivity contribution < 1.29 is 14.4 Å². The topological polar surface area (TPSA) is 95.2 Å². The van der Waals surface area contributed by atoms with E-state index in [1.165, 1.54) is 4.90 Å². The Hall–Kier alpha value is -2.83. The Morgan fingerprint density at radius 3 is 3.14 bits per heavy atom. The fourth-order valence-electron chi connectivity index (χ4n) is 2.99. The maximum atomic E-state index is 11.2. The molecule has 2 aromatic heterocycles. The lowest BCUT2D eigenvalue weighted by Crippen LogP contribution is -2.28. The van der Waals surface area contributed by atoms with E-state index in [0.717, 1.165) is 22.9 Å². The second-order valence-corrected chi connectivity index (χ2v) is 5.34. The summed E-state index contributed by atoms with van der Waals surface area (Å²) in [7, 11) is 0. The summed E-state index contributed by atoms with van der Waals surface area (Å²) >= 11 is 0. The molecule has 1 aliphatic heterocycles. The quantitative estimate of drug-likeness (QED) is 0.758. The zero-order chi connectivity index (χ0) is 15.1. The maximum absolute atomic E-state index is 11.2. The molecular formula is C15H14N4O3. The summed E-state index contributed by atoms with van der Waals surface area (Å²) in [6, 6.07) is 7.51. The average molecular weight is 298 g/mol. The third-order valence-corrected chi connectivity index (χ3v) is 4.06. The largest absolute Gasteiger partial charge is 0.465 e. The van der Waals surface area contributed by atoms with Gasteiger partial charge in [-0.05, 0) is 18.9 Å².